The number of rotatable bonds is 4. The average molecular weight is 415 g/mol. The van der Waals surface area contributed by atoms with Gasteiger partial charge in [0.25, 0.3) is 5.91 Å². The molecule has 2 atom stereocenters. The molecule has 1 aromatic carbocycles. The molecule has 3 aliphatic rings. The van der Waals surface area contributed by atoms with Crippen molar-refractivity contribution in [3.8, 4) is 11.8 Å². The van der Waals surface area contributed by atoms with Crippen LogP contribution >= 0.6 is 0 Å². The highest BCUT2D eigenvalue weighted by Crippen LogP contribution is 2.45. The van der Waals surface area contributed by atoms with Gasteiger partial charge in [-0.3, -0.25) is 4.79 Å². The quantitative estimate of drug-likeness (QED) is 0.731. The number of hydrogen-bond acceptors (Lipinski definition) is 7. The molecule has 8 nitrogen and oxygen atoms in total. The zero-order valence-electron chi connectivity index (χ0n) is 15.7. The third-order valence-corrected chi connectivity index (χ3v) is 8.81. The van der Waals surface area contributed by atoms with E-state index in [2.05, 4.69) is 9.97 Å². The van der Waals surface area contributed by atoms with Gasteiger partial charge >= 0.3 is 6.01 Å². The minimum Gasteiger partial charge on any atom is -0.480 e. The Bertz CT molecular complexity index is 1010. The Morgan fingerprint density at radius 1 is 1.21 bits per heavy atom. The van der Waals surface area contributed by atoms with Crippen LogP contribution < -0.4 is 9.47 Å². The Morgan fingerprint density at radius 2 is 1.97 bits per heavy atom. The van der Waals surface area contributed by atoms with Crippen molar-refractivity contribution in [1.82, 2.24) is 14.9 Å². The summed E-state index contributed by atoms with van der Waals surface area (Å²) in [6, 6.07) is 9.50. The number of carbonyl (C=O) groups is 1. The lowest BCUT2D eigenvalue weighted by molar-refractivity contribution is -0.144. The monoisotopic (exact) mass is 415 g/mol. The number of aromatic nitrogens is 2. The number of ether oxygens (including phenoxy) is 2. The van der Waals surface area contributed by atoms with E-state index in [1.165, 1.54) is 0 Å². The normalized spacial score (nSPS) is 25.9. The van der Waals surface area contributed by atoms with Gasteiger partial charge in [0.2, 0.25) is 0 Å². The van der Waals surface area contributed by atoms with Crippen molar-refractivity contribution >= 4 is 15.7 Å². The molecule has 0 radical (unpaired) electrons. The molecule has 0 aliphatic carbocycles. The molecule has 1 spiro atoms. The van der Waals surface area contributed by atoms with Crippen molar-refractivity contribution in [3.63, 3.8) is 0 Å². The van der Waals surface area contributed by atoms with Crippen LogP contribution in [0.15, 0.2) is 42.7 Å². The fraction of sp³-hybridized carbons (Fsp3) is 0.450. The zero-order valence-corrected chi connectivity index (χ0v) is 16.5. The van der Waals surface area contributed by atoms with Crippen molar-refractivity contribution in [1.29, 1.82) is 0 Å². The smallest absolute Gasteiger partial charge is 0.316 e. The van der Waals surface area contributed by atoms with E-state index in [1.54, 1.807) is 23.4 Å². The number of benzene rings is 1. The fourth-order valence-corrected chi connectivity index (χ4v) is 6.92. The second-order valence-electron chi connectivity index (χ2n) is 7.82. The van der Waals surface area contributed by atoms with Crippen LogP contribution in [0.5, 0.6) is 11.8 Å². The molecule has 2 aromatic rings. The van der Waals surface area contributed by atoms with Gasteiger partial charge < -0.3 is 14.4 Å². The summed E-state index contributed by atoms with van der Waals surface area (Å²) in [5, 5.41) is 0. The molecule has 2 fully saturated rings. The van der Waals surface area contributed by atoms with Crippen LogP contribution in [0.2, 0.25) is 0 Å². The van der Waals surface area contributed by atoms with Gasteiger partial charge in [0.1, 0.15) is 10.5 Å². The first-order valence-corrected chi connectivity index (χ1v) is 11.3. The number of amides is 1. The van der Waals surface area contributed by atoms with Gasteiger partial charge in [-0.1, -0.05) is 18.2 Å². The SMILES string of the molecule is O=C([C@@H]1Cc2ccccc2O1)N1CC2(C1)[C@@H](COc1ncccn1)CCS2(=O)=O. The van der Waals surface area contributed by atoms with Crippen molar-refractivity contribution in [2.75, 3.05) is 25.4 Å². The Hall–Kier alpha value is -2.68. The molecule has 1 amide bonds. The third kappa shape index (κ3) is 2.95. The molecule has 0 unspecified atom stereocenters. The Kier molecular flexibility index (Phi) is 4.23. The second-order valence-corrected chi connectivity index (χ2v) is 10.3. The predicted octanol–water partition coefficient (Wildman–Crippen LogP) is 0.875. The van der Waals surface area contributed by atoms with Gasteiger partial charge in [0, 0.05) is 37.8 Å². The highest BCUT2D eigenvalue weighted by molar-refractivity contribution is 7.93. The van der Waals surface area contributed by atoms with Crippen LogP contribution in [0.1, 0.15) is 12.0 Å². The molecule has 5 rings (SSSR count). The summed E-state index contributed by atoms with van der Waals surface area (Å²) in [4.78, 5) is 22.5. The summed E-state index contributed by atoms with van der Waals surface area (Å²) in [5.74, 6) is 0.495. The topological polar surface area (TPSA) is 98.7 Å². The molecule has 1 aromatic heterocycles. The van der Waals surface area contributed by atoms with E-state index in [4.69, 9.17) is 9.47 Å². The average Bonchev–Trinajstić information content (AvgIpc) is 3.24. The maximum absolute atomic E-state index is 12.9. The molecule has 29 heavy (non-hydrogen) atoms. The first kappa shape index (κ1) is 18.4. The maximum atomic E-state index is 12.9. The molecular weight excluding hydrogens is 394 g/mol. The molecule has 2 saturated heterocycles. The molecule has 0 saturated carbocycles. The molecule has 0 N–H and O–H groups in total. The Labute approximate surface area is 168 Å². The van der Waals surface area contributed by atoms with E-state index in [-0.39, 0.29) is 43.3 Å². The summed E-state index contributed by atoms with van der Waals surface area (Å²) in [6.07, 6.45) is 3.60. The van der Waals surface area contributed by atoms with E-state index < -0.39 is 20.7 Å². The number of nitrogens with zero attached hydrogens (tertiary/aromatic N) is 3. The Balaban J connectivity index is 1.26. The minimum atomic E-state index is -3.30. The number of hydrogen-bond donors (Lipinski definition) is 0. The van der Waals surface area contributed by atoms with Gasteiger partial charge in [0.15, 0.2) is 15.9 Å². The van der Waals surface area contributed by atoms with Crippen LogP contribution in [0.3, 0.4) is 0 Å². The molecular formula is C20H21N3O5S. The molecule has 4 heterocycles. The maximum Gasteiger partial charge on any atom is 0.316 e. The van der Waals surface area contributed by atoms with Crippen LogP contribution in [0.4, 0.5) is 0 Å². The minimum absolute atomic E-state index is 0.115. The summed E-state index contributed by atoms with van der Waals surface area (Å²) in [5.41, 5.74) is 1.00. The van der Waals surface area contributed by atoms with E-state index in [9.17, 15) is 13.2 Å². The van der Waals surface area contributed by atoms with Crippen LogP contribution in [0, 0.1) is 5.92 Å². The molecule has 152 valence electrons. The molecule has 3 aliphatic heterocycles. The highest BCUT2D eigenvalue weighted by atomic mass is 32.2. The van der Waals surface area contributed by atoms with Crippen LogP contribution in [0.25, 0.3) is 0 Å². The first-order chi connectivity index (χ1) is 14.0. The molecule has 0 bridgehead atoms. The number of sulfone groups is 1. The summed E-state index contributed by atoms with van der Waals surface area (Å²) in [6.45, 7) is 0.596. The van der Waals surface area contributed by atoms with Crippen LogP contribution in [-0.4, -0.2) is 65.5 Å². The zero-order chi connectivity index (χ0) is 20.1. The van der Waals surface area contributed by atoms with Crippen molar-refractivity contribution in [2.45, 2.75) is 23.7 Å². The lowest BCUT2D eigenvalue weighted by Gasteiger charge is -2.50. The third-order valence-electron chi connectivity index (χ3n) is 6.21. The number of para-hydroxylation sites is 1. The van der Waals surface area contributed by atoms with Gasteiger partial charge in [0.05, 0.1) is 12.4 Å². The van der Waals surface area contributed by atoms with Gasteiger partial charge in [-0.2, -0.15) is 0 Å². The fourth-order valence-electron chi connectivity index (χ4n) is 4.52. The van der Waals surface area contributed by atoms with Crippen molar-refractivity contribution < 1.29 is 22.7 Å². The van der Waals surface area contributed by atoms with Gasteiger partial charge in [-0.25, -0.2) is 18.4 Å². The van der Waals surface area contributed by atoms with Gasteiger partial charge in [-0.05, 0) is 24.1 Å². The molecule has 9 heteroatoms. The highest BCUT2D eigenvalue weighted by Gasteiger charge is 2.63. The van der Waals surface area contributed by atoms with Gasteiger partial charge in [-0.15, -0.1) is 0 Å². The van der Waals surface area contributed by atoms with Crippen molar-refractivity contribution in [2.24, 2.45) is 5.92 Å². The van der Waals surface area contributed by atoms with E-state index in [1.807, 2.05) is 24.3 Å². The predicted molar refractivity (Wildman–Crippen MR) is 103 cm³/mol. The number of carbonyl (C=O) groups excluding carboxylic acids is 1. The lowest BCUT2D eigenvalue weighted by Crippen LogP contribution is -2.70. The van der Waals surface area contributed by atoms with Crippen molar-refractivity contribution in [3.05, 3.63) is 48.3 Å². The summed E-state index contributed by atoms with van der Waals surface area (Å²) >= 11 is 0. The standard InChI is InChI=1S/C20H21N3O5S/c24-18(17-10-14-4-1-2-5-16(14)28-17)23-12-20(13-23)15(6-9-29(20,25)26)11-27-19-21-7-3-8-22-19/h1-5,7-8,15,17H,6,9-13H2/t15-,17+/m1/s1. The number of fused-ring (bicyclic) bond motifs is 1. The lowest BCUT2D eigenvalue weighted by atomic mass is 9.83. The Morgan fingerprint density at radius 3 is 2.72 bits per heavy atom. The first-order valence-electron chi connectivity index (χ1n) is 9.64. The van der Waals surface area contributed by atoms with E-state index >= 15 is 0 Å². The summed E-state index contributed by atoms with van der Waals surface area (Å²) in [7, 11) is -3.30. The van der Waals surface area contributed by atoms with E-state index in [0.29, 0.717) is 12.8 Å². The second kappa shape index (κ2) is 6.69. The van der Waals surface area contributed by atoms with E-state index in [0.717, 1.165) is 11.3 Å². The number of likely N-dealkylation sites (tertiary alicyclic amines) is 1. The van der Waals surface area contributed by atoms with Crippen LogP contribution in [-0.2, 0) is 21.1 Å². The largest absolute Gasteiger partial charge is 0.480 e. The summed E-state index contributed by atoms with van der Waals surface area (Å²) < 4.78 is 36.1.